The molecule has 0 aliphatic carbocycles. The number of hydrogen-bond donors (Lipinski definition) is 3. The van der Waals surface area contributed by atoms with Crippen molar-refractivity contribution in [2.75, 3.05) is 6.26 Å². The number of carbonyl (C=O) groups is 3. The van der Waals surface area contributed by atoms with Gasteiger partial charge in [0.25, 0.3) is 17.9 Å². The average molecular weight is 720 g/mol. The Hall–Kier alpha value is -5.07. The van der Waals surface area contributed by atoms with Crippen molar-refractivity contribution in [3.8, 4) is 0 Å². The molecule has 0 atom stereocenters. The standard InChI is InChI=1S/C13H15NS.C10H9NS.C9H6FN.3C2H4O2/c1-13(2,3)15-11-8-4-6-10-7-5-9-14-12(10)11;1-12-9-6-2-4-8-5-3-7-11-10(8)9;10-8-5-1-3-7-4-2-6-11-9(7)8;3*1-2(3)4/h4-9H,1-3H3;2-7H,1H3;1-6H;3*1H3,(H,3,4). The first-order chi connectivity index (χ1) is 23.5. The Morgan fingerprint density at radius 1 is 0.560 bits per heavy atom. The topological polar surface area (TPSA) is 151 Å². The minimum Gasteiger partial charge on any atom is -0.481 e. The number of carboxylic acid groups (broad SMARTS) is 3. The van der Waals surface area contributed by atoms with E-state index in [-0.39, 0.29) is 10.6 Å². The summed E-state index contributed by atoms with van der Waals surface area (Å²) in [5, 5.41) is 25.5. The van der Waals surface area contributed by atoms with Crippen LogP contribution in [0, 0.1) is 5.82 Å². The van der Waals surface area contributed by atoms with E-state index < -0.39 is 17.9 Å². The lowest BCUT2D eigenvalue weighted by atomic mass is 10.2. The van der Waals surface area contributed by atoms with Crippen LogP contribution in [-0.2, 0) is 14.4 Å². The summed E-state index contributed by atoms with van der Waals surface area (Å²) in [6.45, 7) is 9.91. The van der Waals surface area contributed by atoms with Crippen LogP contribution in [0.4, 0.5) is 4.39 Å². The molecule has 0 saturated heterocycles. The van der Waals surface area contributed by atoms with E-state index in [1.165, 1.54) is 26.6 Å². The molecule has 3 aromatic heterocycles. The van der Waals surface area contributed by atoms with Crippen molar-refractivity contribution in [3.63, 3.8) is 0 Å². The lowest BCUT2D eigenvalue weighted by molar-refractivity contribution is -0.135. The summed E-state index contributed by atoms with van der Waals surface area (Å²) in [6, 6.07) is 29.3. The number of rotatable bonds is 2. The molecule has 3 aromatic carbocycles. The number of para-hydroxylation sites is 3. The summed E-state index contributed by atoms with van der Waals surface area (Å²) >= 11 is 3.60. The van der Waals surface area contributed by atoms with Crippen molar-refractivity contribution in [1.29, 1.82) is 0 Å². The monoisotopic (exact) mass is 719 g/mol. The van der Waals surface area contributed by atoms with Crippen molar-refractivity contribution in [2.45, 2.75) is 56.1 Å². The third-order valence-corrected chi connectivity index (χ3v) is 7.34. The number of pyridine rings is 3. The fourth-order valence-corrected chi connectivity index (χ4v) is 5.45. The molecule has 264 valence electrons. The molecule has 9 nitrogen and oxygen atoms in total. The van der Waals surface area contributed by atoms with Crippen LogP contribution in [-0.4, -0.2) is 59.2 Å². The predicted octanol–water partition coefficient (Wildman–Crippen LogP) is 9.73. The normalized spacial score (nSPS) is 9.84. The van der Waals surface area contributed by atoms with Gasteiger partial charge in [0.1, 0.15) is 11.3 Å². The van der Waals surface area contributed by atoms with Gasteiger partial charge in [-0.1, -0.05) is 75.4 Å². The van der Waals surface area contributed by atoms with Crippen LogP contribution in [0.2, 0.25) is 0 Å². The van der Waals surface area contributed by atoms with Gasteiger partial charge in [0, 0.05) is 70.1 Å². The van der Waals surface area contributed by atoms with Gasteiger partial charge < -0.3 is 15.3 Å². The van der Waals surface area contributed by atoms with Gasteiger partial charge in [-0.05, 0) is 42.7 Å². The maximum Gasteiger partial charge on any atom is 0.300 e. The number of aliphatic carboxylic acids is 3. The number of carboxylic acids is 3. The van der Waals surface area contributed by atoms with E-state index >= 15 is 0 Å². The molecular formula is C38H42FN3O6S2. The van der Waals surface area contributed by atoms with Gasteiger partial charge in [0.15, 0.2) is 0 Å². The van der Waals surface area contributed by atoms with Gasteiger partial charge in [0.05, 0.1) is 11.0 Å². The van der Waals surface area contributed by atoms with Crippen molar-refractivity contribution in [3.05, 3.63) is 115 Å². The maximum atomic E-state index is 12.9. The molecule has 12 heteroatoms. The molecule has 3 heterocycles. The first-order valence-electron chi connectivity index (χ1n) is 15.0. The lowest BCUT2D eigenvalue weighted by Crippen LogP contribution is -2.06. The second kappa shape index (κ2) is 22.5. The minimum absolute atomic E-state index is 0.228. The molecule has 0 fully saturated rings. The molecule has 0 aliphatic heterocycles. The van der Waals surface area contributed by atoms with Crippen LogP contribution < -0.4 is 0 Å². The molecule has 6 rings (SSSR count). The summed E-state index contributed by atoms with van der Waals surface area (Å²) in [4.78, 5) is 42.2. The van der Waals surface area contributed by atoms with Gasteiger partial charge in [0.2, 0.25) is 0 Å². The second-order valence-corrected chi connectivity index (χ2v) is 13.7. The quantitative estimate of drug-likeness (QED) is 0.147. The van der Waals surface area contributed by atoms with E-state index in [0.717, 1.165) is 37.2 Å². The highest BCUT2D eigenvalue weighted by atomic mass is 32.2. The first kappa shape index (κ1) is 43.0. The van der Waals surface area contributed by atoms with Crippen LogP contribution in [0.15, 0.2) is 119 Å². The summed E-state index contributed by atoms with van der Waals surface area (Å²) in [5.41, 5.74) is 2.66. The van der Waals surface area contributed by atoms with Crippen LogP contribution in [0.25, 0.3) is 32.7 Å². The van der Waals surface area contributed by atoms with Gasteiger partial charge in [-0.25, -0.2) is 4.39 Å². The molecule has 0 spiro atoms. The third-order valence-electron chi connectivity index (χ3n) is 5.41. The minimum atomic E-state index is -0.833. The van der Waals surface area contributed by atoms with Gasteiger partial charge in [-0.15, -0.1) is 23.5 Å². The fraction of sp³-hybridized carbons (Fsp3) is 0.211. The van der Waals surface area contributed by atoms with Crippen molar-refractivity contribution >= 4 is 74.1 Å². The highest BCUT2D eigenvalue weighted by molar-refractivity contribution is 8.00. The Morgan fingerprint density at radius 2 is 0.880 bits per heavy atom. The molecule has 0 amide bonds. The van der Waals surface area contributed by atoms with E-state index in [1.807, 2.05) is 48.4 Å². The number of hydrogen-bond acceptors (Lipinski definition) is 8. The molecule has 3 N–H and O–H groups in total. The number of benzene rings is 3. The highest BCUT2D eigenvalue weighted by Gasteiger charge is 2.14. The van der Waals surface area contributed by atoms with E-state index in [9.17, 15) is 4.39 Å². The number of halogens is 1. The highest BCUT2D eigenvalue weighted by Crippen LogP contribution is 2.35. The van der Waals surface area contributed by atoms with E-state index in [0.29, 0.717) is 5.52 Å². The predicted molar refractivity (Wildman–Crippen MR) is 203 cm³/mol. The van der Waals surface area contributed by atoms with Crippen LogP contribution >= 0.6 is 23.5 Å². The SMILES string of the molecule is CC(=O)O.CC(=O)O.CC(=O)O.CC(C)(C)Sc1cccc2cccnc12.CSc1cccc2cccnc12.Fc1cccc2cccnc12. The molecule has 50 heavy (non-hydrogen) atoms. The van der Waals surface area contributed by atoms with Crippen molar-refractivity contribution in [2.24, 2.45) is 0 Å². The Bertz CT molecular complexity index is 1910. The number of fused-ring (bicyclic) bond motifs is 3. The van der Waals surface area contributed by atoms with Crippen LogP contribution in [0.5, 0.6) is 0 Å². The largest absolute Gasteiger partial charge is 0.481 e. The second-order valence-electron chi connectivity index (χ2n) is 11.0. The zero-order valence-corrected chi connectivity index (χ0v) is 30.6. The maximum absolute atomic E-state index is 12.9. The average Bonchev–Trinajstić information content (AvgIpc) is 3.04. The zero-order chi connectivity index (χ0) is 37.7. The van der Waals surface area contributed by atoms with Gasteiger partial charge >= 0.3 is 0 Å². The Labute approximate surface area is 300 Å². The van der Waals surface area contributed by atoms with Crippen LogP contribution in [0.3, 0.4) is 0 Å². The number of thioether (sulfide) groups is 2. The zero-order valence-electron chi connectivity index (χ0n) is 29.0. The first-order valence-corrected chi connectivity index (χ1v) is 17.1. The third kappa shape index (κ3) is 17.9. The number of aromatic nitrogens is 3. The van der Waals surface area contributed by atoms with E-state index in [2.05, 4.69) is 90.5 Å². The van der Waals surface area contributed by atoms with Gasteiger partial charge in [-0.3, -0.25) is 29.3 Å². The molecule has 6 aromatic rings. The molecule has 0 bridgehead atoms. The Kier molecular flexibility index (Phi) is 19.4. The Morgan fingerprint density at radius 3 is 1.26 bits per heavy atom. The fourth-order valence-electron chi connectivity index (χ4n) is 3.80. The number of nitrogens with zero attached hydrogens (tertiary/aromatic N) is 3. The lowest BCUT2D eigenvalue weighted by Gasteiger charge is -2.18. The summed E-state index contributed by atoms with van der Waals surface area (Å²) in [5.74, 6) is -2.76. The summed E-state index contributed by atoms with van der Waals surface area (Å²) in [6.07, 6.45) is 7.35. The Balaban J connectivity index is 0.000000326. The smallest absolute Gasteiger partial charge is 0.300 e. The summed E-state index contributed by atoms with van der Waals surface area (Å²) in [7, 11) is 0. The molecular weight excluding hydrogens is 678 g/mol. The summed E-state index contributed by atoms with van der Waals surface area (Å²) < 4.78 is 13.2. The van der Waals surface area contributed by atoms with E-state index in [4.69, 9.17) is 29.7 Å². The van der Waals surface area contributed by atoms with Gasteiger partial charge in [-0.2, -0.15) is 0 Å². The molecule has 0 radical (unpaired) electrons. The van der Waals surface area contributed by atoms with Crippen molar-refractivity contribution in [1.82, 2.24) is 15.0 Å². The van der Waals surface area contributed by atoms with Crippen LogP contribution in [0.1, 0.15) is 41.5 Å². The van der Waals surface area contributed by atoms with Crippen molar-refractivity contribution < 1.29 is 34.1 Å². The molecule has 0 aliphatic rings. The van der Waals surface area contributed by atoms with E-state index in [1.54, 1.807) is 30.1 Å². The molecule has 0 unspecified atom stereocenters. The molecule has 0 saturated carbocycles.